The maximum atomic E-state index is 13.3. The number of hydrogen-bond donors (Lipinski definition) is 2. The van der Waals surface area contributed by atoms with Gasteiger partial charge in [-0.1, -0.05) is 36.6 Å². The third-order valence-electron chi connectivity index (χ3n) is 6.39. The second kappa shape index (κ2) is 8.96. The number of fused-ring (bicyclic) bond motifs is 2. The molecular weight excluding hydrogens is 478 g/mol. The molecule has 0 saturated heterocycles. The summed E-state index contributed by atoms with van der Waals surface area (Å²) in [5.74, 6) is -1.65. The molecule has 3 amide bonds. The van der Waals surface area contributed by atoms with E-state index in [1.165, 1.54) is 16.7 Å². The van der Waals surface area contributed by atoms with Crippen LogP contribution in [0.25, 0.3) is 0 Å². The molecule has 2 aromatic carbocycles. The summed E-state index contributed by atoms with van der Waals surface area (Å²) in [5, 5.41) is 5.49. The van der Waals surface area contributed by atoms with Crippen LogP contribution in [0.2, 0.25) is 5.02 Å². The Morgan fingerprint density at radius 1 is 1.09 bits per heavy atom. The van der Waals surface area contributed by atoms with Crippen LogP contribution in [0.3, 0.4) is 0 Å². The molecule has 1 aliphatic carbocycles. The Morgan fingerprint density at radius 2 is 1.85 bits per heavy atom. The fourth-order valence-electron chi connectivity index (χ4n) is 4.80. The number of benzene rings is 2. The van der Waals surface area contributed by atoms with E-state index in [0.29, 0.717) is 34.9 Å². The number of rotatable bonds is 4. The molecule has 1 unspecified atom stereocenters. The molecule has 1 fully saturated rings. The van der Waals surface area contributed by atoms with Crippen molar-refractivity contribution in [3.8, 4) is 0 Å². The van der Waals surface area contributed by atoms with Gasteiger partial charge in [-0.25, -0.2) is 0 Å². The van der Waals surface area contributed by atoms with Crippen molar-refractivity contribution in [2.24, 2.45) is 0 Å². The van der Waals surface area contributed by atoms with Crippen molar-refractivity contribution < 1.29 is 23.9 Å². The molecule has 2 N–H and O–H groups in total. The van der Waals surface area contributed by atoms with Crippen LogP contribution in [-0.4, -0.2) is 41.1 Å². The monoisotopic (exact) mass is 499 g/mol. The minimum absolute atomic E-state index is 0.186. The van der Waals surface area contributed by atoms with Crippen LogP contribution in [0.15, 0.2) is 47.4 Å². The van der Waals surface area contributed by atoms with E-state index in [1.807, 2.05) is 0 Å². The first-order valence-electron chi connectivity index (χ1n) is 11.0. The van der Waals surface area contributed by atoms with Crippen molar-refractivity contribution in [3.05, 3.63) is 47.5 Å². The molecule has 2 aliphatic heterocycles. The van der Waals surface area contributed by atoms with Crippen LogP contribution in [0.4, 0.5) is 17.1 Å². The second-order valence-corrected chi connectivity index (χ2v) is 10.2. The van der Waals surface area contributed by atoms with Gasteiger partial charge in [0.05, 0.1) is 28.7 Å². The predicted molar refractivity (Wildman–Crippen MR) is 129 cm³/mol. The summed E-state index contributed by atoms with van der Waals surface area (Å²) in [7, 11) is 0. The number of esters is 1. The van der Waals surface area contributed by atoms with E-state index >= 15 is 0 Å². The van der Waals surface area contributed by atoms with Crippen LogP contribution in [0.1, 0.15) is 32.1 Å². The van der Waals surface area contributed by atoms with E-state index in [9.17, 15) is 19.2 Å². The summed E-state index contributed by atoms with van der Waals surface area (Å²) >= 11 is 7.22. The van der Waals surface area contributed by atoms with Crippen molar-refractivity contribution in [1.29, 1.82) is 0 Å². The van der Waals surface area contributed by atoms with E-state index in [4.69, 9.17) is 16.3 Å². The van der Waals surface area contributed by atoms with Crippen LogP contribution in [0.5, 0.6) is 0 Å². The molecule has 8 nitrogen and oxygen atoms in total. The number of thioether (sulfide) groups is 1. The van der Waals surface area contributed by atoms with Gasteiger partial charge in [0.2, 0.25) is 5.91 Å². The van der Waals surface area contributed by atoms with Gasteiger partial charge in [-0.3, -0.25) is 24.1 Å². The number of carbonyl (C=O) groups is 4. The SMILES string of the molecule is O=C(CC1Sc2ccc(Cl)cc2NC1=O)OCC(=O)N1c2ccccc2NC(=O)C12CCCC2. The zero-order valence-electron chi connectivity index (χ0n) is 18.1. The van der Waals surface area contributed by atoms with Gasteiger partial charge in [-0.15, -0.1) is 11.8 Å². The average Bonchev–Trinajstić information content (AvgIpc) is 3.29. The van der Waals surface area contributed by atoms with Gasteiger partial charge in [-0.2, -0.15) is 0 Å². The normalized spacial score (nSPS) is 20.3. The van der Waals surface area contributed by atoms with E-state index in [1.54, 1.807) is 42.5 Å². The zero-order chi connectivity index (χ0) is 23.9. The number of hydrogen-bond acceptors (Lipinski definition) is 6. The smallest absolute Gasteiger partial charge is 0.307 e. The van der Waals surface area contributed by atoms with Gasteiger partial charge in [0.25, 0.3) is 11.8 Å². The van der Waals surface area contributed by atoms with E-state index in [2.05, 4.69) is 10.6 Å². The molecule has 0 radical (unpaired) electrons. The lowest BCUT2D eigenvalue weighted by Gasteiger charge is -2.44. The Labute approximate surface area is 205 Å². The Bertz CT molecular complexity index is 1200. The molecule has 2 heterocycles. The van der Waals surface area contributed by atoms with Gasteiger partial charge in [0.15, 0.2) is 6.61 Å². The molecule has 0 bridgehead atoms. The Kier molecular flexibility index (Phi) is 5.99. The predicted octanol–water partition coefficient (Wildman–Crippen LogP) is 3.98. The number of amides is 3. The highest BCUT2D eigenvalue weighted by Gasteiger charge is 2.52. The van der Waals surface area contributed by atoms with Crippen LogP contribution >= 0.6 is 23.4 Å². The highest BCUT2D eigenvalue weighted by atomic mass is 35.5. The molecule has 1 saturated carbocycles. The van der Waals surface area contributed by atoms with Crippen molar-refractivity contribution in [3.63, 3.8) is 0 Å². The molecule has 1 atom stereocenters. The minimum Gasteiger partial charge on any atom is -0.456 e. The number of anilines is 3. The highest BCUT2D eigenvalue weighted by molar-refractivity contribution is 8.01. The van der Waals surface area contributed by atoms with Crippen LogP contribution in [-0.2, 0) is 23.9 Å². The Hall–Kier alpha value is -3.04. The van der Waals surface area contributed by atoms with E-state index < -0.39 is 29.3 Å². The fourth-order valence-corrected chi connectivity index (χ4v) is 6.05. The fraction of sp³-hybridized carbons (Fsp3) is 0.333. The molecule has 10 heteroatoms. The maximum absolute atomic E-state index is 13.3. The third kappa shape index (κ3) is 4.03. The largest absolute Gasteiger partial charge is 0.456 e. The molecular formula is C24H22ClN3O5S. The molecule has 2 aromatic rings. The van der Waals surface area contributed by atoms with Gasteiger partial charge < -0.3 is 15.4 Å². The molecule has 3 aliphatic rings. The van der Waals surface area contributed by atoms with E-state index in [-0.39, 0.29) is 18.2 Å². The molecule has 176 valence electrons. The number of nitrogens with zero attached hydrogens (tertiary/aromatic N) is 1. The lowest BCUT2D eigenvalue weighted by molar-refractivity contribution is -0.148. The van der Waals surface area contributed by atoms with Crippen molar-refractivity contribution >= 4 is 64.1 Å². The first-order valence-corrected chi connectivity index (χ1v) is 12.3. The van der Waals surface area contributed by atoms with Gasteiger partial charge in [-0.05, 0) is 43.2 Å². The summed E-state index contributed by atoms with van der Waals surface area (Å²) in [6, 6.07) is 12.3. The number of halogens is 1. The lowest BCUT2D eigenvalue weighted by Crippen LogP contribution is -2.61. The van der Waals surface area contributed by atoms with Crippen molar-refractivity contribution in [2.75, 3.05) is 22.1 Å². The lowest BCUT2D eigenvalue weighted by atomic mass is 9.90. The van der Waals surface area contributed by atoms with Gasteiger partial charge in [0.1, 0.15) is 5.54 Å². The number of ether oxygens (including phenoxy) is 1. The Morgan fingerprint density at radius 3 is 2.65 bits per heavy atom. The van der Waals surface area contributed by atoms with Crippen molar-refractivity contribution in [2.45, 2.75) is 47.8 Å². The van der Waals surface area contributed by atoms with E-state index in [0.717, 1.165) is 17.7 Å². The first kappa shape index (κ1) is 22.7. The second-order valence-electron chi connectivity index (χ2n) is 8.54. The summed E-state index contributed by atoms with van der Waals surface area (Å²) in [6.07, 6.45) is 2.58. The zero-order valence-corrected chi connectivity index (χ0v) is 19.7. The average molecular weight is 500 g/mol. The summed E-state index contributed by atoms with van der Waals surface area (Å²) in [5.41, 5.74) is 0.787. The minimum atomic E-state index is -0.970. The quantitative estimate of drug-likeness (QED) is 0.616. The van der Waals surface area contributed by atoms with Crippen molar-refractivity contribution in [1.82, 2.24) is 0 Å². The summed E-state index contributed by atoms with van der Waals surface area (Å²) in [4.78, 5) is 53.6. The number of carbonyl (C=O) groups excluding carboxylic acids is 4. The highest BCUT2D eigenvalue weighted by Crippen LogP contribution is 2.45. The summed E-state index contributed by atoms with van der Waals surface area (Å²) in [6.45, 7) is -0.507. The summed E-state index contributed by atoms with van der Waals surface area (Å²) < 4.78 is 5.29. The molecule has 5 rings (SSSR count). The van der Waals surface area contributed by atoms with Crippen LogP contribution in [0, 0.1) is 0 Å². The molecule has 34 heavy (non-hydrogen) atoms. The standard InChI is InChI=1S/C24H22ClN3O5S/c25-14-7-8-18-16(11-14)26-22(31)19(34-18)12-21(30)33-13-20(29)28-17-6-2-1-5-15(17)27-23(32)24(28)9-3-4-10-24/h1-2,5-8,11,19H,3-4,9-10,12-13H2,(H,26,31)(H,27,32). The third-order valence-corrected chi connectivity index (χ3v) is 7.90. The van der Waals surface area contributed by atoms with Gasteiger partial charge >= 0.3 is 5.97 Å². The van der Waals surface area contributed by atoms with Crippen LogP contribution < -0.4 is 15.5 Å². The maximum Gasteiger partial charge on any atom is 0.307 e. The Balaban J connectivity index is 1.27. The number of para-hydroxylation sites is 2. The topological polar surface area (TPSA) is 105 Å². The number of nitrogens with one attached hydrogen (secondary N) is 2. The molecule has 1 spiro atoms. The van der Waals surface area contributed by atoms with Gasteiger partial charge in [0, 0.05) is 9.92 Å². The first-order chi connectivity index (χ1) is 16.4. The molecule has 0 aromatic heterocycles.